The van der Waals surface area contributed by atoms with Gasteiger partial charge in [0.2, 0.25) is 5.91 Å². The van der Waals surface area contributed by atoms with Crippen molar-refractivity contribution in [1.82, 2.24) is 5.43 Å². The molecule has 9 heteroatoms. The van der Waals surface area contributed by atoms with Crippen LogP contribution in [-0.2, 0) is 4.79 Å². The number of amides is 3. The predicted molar refractivity (Wildman–Crippen MR) is 67.7 cm³/mol. The van der Waals surface area contributed by atoms with Gasteiger partial charge in [0.25, 0.3) is 5.69 Å². The first-order valence-corrected chi connectivity index (χ1v) is 5.04. The standard InChI is InChI=1S/C10H11N5O4/c1-6(16)13-8-3-2-7(4-9(8)15(18)19)5-12-14-10(11)17/h2-5H,1H3,(H,13,16)(H3,11,14,17). The second-order valence-corrected chi connectivity index (χ2v) is 3.45. The van der Waals surface area contributed by atoms with E-state index in [-0.39, 0.29) is 11.4 Å². The van der Waals surface area contributed by atoms with Crippen molar-refractivity contribution in [3.63, 3.8) is 0 Å². The number of nitro benzene ring substituents is 1. The molecule has 0 aliphatic carbocycles. The molecule has 0 fully saturated rings. The Morgan fingerprint density at radius 1 is 1.47 bits per heavy atom. The summed E-state index contributed by atoms with van der Waals surface area (Å²) in [6.45, 7) is 1.25. The molecule has 0 unspecified atom stereocenters. The van der Waals surface area contributed by atoms with Crippen LogP contribution in [0.4, 0.5) is 16.2 Å². The topological polar surface area (TPSA) is 140 Å². The summed E-state index contributed by atoms with van der Waals surface area (Å²) in [6, 6.07) is 3.22. The minimum atomic E-state index is -0.847. The van der Waals surface area contributed by atoms with E-state index in [4.69, 9.17) is 5.73 Å². The number of hydrogen-bond donors (Lipinski definition) is 3. The van der Waals surface area contributed by atoms with Gasteiger partial charge in [-0.3, -0.25) is 14.9 Å². The van der Waals surface area contributed by atoms with Crippen molar-refractivity contribution in [3.8, 4) is 0 Å². The molecular formula is C10H11N5O4. The predicted octanol–water partition coefficient (Wildman–Crippen LogP) is 0.555. The van der Waals surface area contributed by atoms with Gasteiger partial charge in [-0.2, -0.15) is 5.10 Å². The van der Waals surface area contributed by atoms with Gasteiger partial charge >= 0.3 is 6.03 Å². The van der Waals surface area contributed by atoms with E-state index in [9.17, 15) is 19.7 Å². The summed E-state index contributed by atoms with van der Waals surface area (Å²) < 4.78 is 0. The number of hydrogen-bond acceptors (Lipinski definition) is 5. The lowest BCUT2D eigenvalue weighted by molar-refractivity contribution is -0.383. The first kappa shape index (κ1) is 14.1. The highest BCUT2D eigenvalue weighted by molar-refractivity contribution is 5.92. The number of nitrogens with zero attached hydrogens (tertiary/aromatic N) is 2. The van der Waals surface area contributed by atoms with Gasteiger partial charge in [0.15, 0.2) is 0 Å². The molecule has 0 atom stereocenters. The van der Waals surface area contributed by atoms with E-state index < -0.39 is 16.9 Å². The maximum Gasteiger partial charge on any atom is 0.332 e. The third-order valence-electron chi connectivity index (χ3n) is 1.92. The maximum absolute atomic E-state index is 10.9. The average molecular weight is 265 g/mol. The molecule has 0 saturated carbocycles. The molecular weight excluding hydrogens is 254 g/mol. The maximum atomic E-state index is 10.9. The van der Waals surface area contributed by atoms with E-state index in [1.54, 1.807) is 0 Å². The van der Waals surface area contributed by atoms with E-state index in [1.165, 1.54) is 31.3 Å². The van der Waals surface area contributed by atoms with E-state index in [0.717, 1.165) is 0 Å². The third-order valence-corrected chi connectivity index (χ3v) is 1.92. The van der Waals surface area contributed by atoms with Crippen LogP contribution in [0.5, 0.6) is 0 Å². The number of benzene rings is 1. The van der Waals surface area contributed by atoms with Crippen molar-refractivity contribution in [2.24, 2.45) is 10.8 Å². The number of anilines is 1. The Bertz CT molecular complexity index is 555. The number of hydrazone groups is 1. The lowest BCUT2D eigenvalue weighted by Crippen LogP contribution is -2.24. The fourth-order valence-corrected chi connectivity index (χ4v) is 1.25. The molecule has 1 rings (SSSR count). The van der Waals surface area contributed by atoms with Gasteiger partial charge in [-0.25, -0.2) is 10.2 Å². The average Bonchev–Trinajstić information content (AvgIpc) is 2.29. The second kappa shape index (κ2) is 6.10. The van der Waals surface area contributed by atoms with Crippen LogP contribution in [-0.4, -0.2) is 23.1 Å². The number of nitrogens with two attached hydrogens (primary N) is 1. The summed E-state index contributed by atoms with van der Waals surface area (Å²) in [6.07, 6.45) is 1.19. The minimum Gasteiger partial charge on any atom is -0.350 e. The Hall–Kier alpha value is -2.97. The molecule has 0 radical (unpaired) electrons. The summed E-state index contributed by atoms with van der Waals surface area (Å²) in [5, 5.41) is 16.7. The molecule has 0 saturated heterocycles. The van der Waals surface area contributed by atoms with Gasteiger partial charge in [0.1, 0.15) is 5.69 Å². The molecule has 1 aromatic carbocycles. The Kier molecular flexibility index (Phi) is 4.52. The highest BCUT2D eigenvalue weighted by Gasteiger charge is 2.14. The number of rotatable bonds is 4. The van der Waals surface area contributed by atoms with Crippen molar-refractivity contribution < 1.29 is 14.5 Å². The van der Waals surface area contributed by atoms with E-state index >= 15 is 0 Å². The summed E-state index contributed by atoms with van der Waals surface area (Å²) >= 11 is 0. The van der Waals surface area contributed by atoms with E-state index in [0.29, 0.717) is 5.56 Å². The highest BCUT2D eigenvalue weighted by Crippen LogP contribution is 2.24. The van der Waals surface area contributed by atoms with Crippen LogP contribution in [0, 0.1) is 10.1 Å². The lowest BCUT2D eigenvalue weighted by Gasteiger charge is -2.03. The number of carbonyl (C=O) groups excluding carboxylic acids is 2. The molecule has 0 aliphatic rings. The summed E-state index contributed by atoms with van der Waals surface area (Å²) in [5.41, 5.74) is 6.92. The first-order valence-electron chi connectivity index (χ1n) is 5.04. The normalized spacial score (nSPS) is 10.2. The van der Waals surface area contributed by atoms with Crippen molar-refractivity contribution in [2.45, 2.75) is 6.92 Å². The lowest BCUT2D eigenvalue weighted by atomic mass is 10.2. The van der Waals surface area contributed by atoms with Crippen LogP contribution < -0.4 is 16.5 Å². The SMILES string of the molecule is CC(=O)Nc1ccc(C=NNC(N)=O)cc1[N+](=O)[O-]. The zero-order valence-electron chi connectivity index (χ0n) is 9.91. The molecule has 0 heterocycles. The van der Waals surface area contributed by atoms with Gasteiger partial charge in [-0.1, -0.05) is 6.07 Å². The first-order chi connectivity index (χ1) is 8.90. The monoisotopic (exact) mass is 265 g/mol. The summed E-state index contributed by atoms with van der Waals surface area (Å²) in [4.78, 5) is 31.5. The summed E-state index contributed by atoms with van der Waals surface area (Å²) in [5.74, 6) is -0.417. The third kappa shape index (κ3) is 4.42. The number of nitro groups is 1. The number of carbonyl (C=O) groups is 2. The van der Waals surface area contributed by atoms with Gasteiger partial charge in [0, 0.05) is 18.6 Å². The number of nitrogens with one attached hydrogen (secondary N) is 2. The number of primary amides is 1. The fourth-order valence-electron chi connectivity index (χ4n) is 1.25. The molecule has 0 bridgehead atoms. The van der Waals surface area contributed by atoms with Crippen molar-refractivity contribution >= 4 is 29.5 Å². The largest absolute Gasteiger partial charge is 0.350 e. The zero-order chi connectivity index (χ0) is 14.4. The van der Waals surface area contributed by atoms with E-state index in [2.05, 4.69) is 10.4 Å². The minimum absolute atomic E-state index is 0.0810. The second-order valence-electron chi connectivity index (χ2n) is 3.45. The Morgan fingerprint density at radius 2 is 2.16 bits per heavy atom. The molecule has 3 amide bonds. The van der Waals surface area contributed by atoms with E-state index in [1.807, 2.05) is 5.43 Å². The molecule has 0 aromatic heterocycles. The van der Waals surface area contributed by atoms with Crippen LogP contribution >= 0.6 is 0 Å². The molecule has 1 aromatic rings. The molecule has 100 valence electrons. The van der Waals surface area contributed by atoms with Crippen molar-refractivity contribution in [1.29, 1.82) is 0 Å². The zero-order valence-corrected chi connectivity index (χ0v) is 9.91. The fraction of sp³-hybridized carbons (Fsp3) is 0.100. The Balaban J connectivity index is 3.02. The quantitative estimate of drug-likeness (QED) is 0.415. The van der Waals surface area contributed by atoms with Gasteiger partial charge in [0.05, 0.1) is 11.1 Å². The highest BCUT2D eigenvalue weighted by atomic mass is 16.6. The Labute approximate surface area is 107 Å². The smallest absolute Gasteiger partial charge is 0.332 e. The van der Waals surface area contributed by atoms with Crippen LogP contribution in [0.2, 0.25) is 0 Å². The van der Waals surface area contributed by atoms with Gasteiger partial charge < -0.3 is 11.1 Å². The Morgan fingerprint density at radius 3 is 2.68 bits per heavy atom. The molecule has 4 N–H and O–H groups in total. The molecule has 19 heavy (non-hydrogen) atoms. The van der Waals surface area contributed by atoms with Crippen molar-refractivity contribution in [2.75, 3.05) is 5.32 Å². The van der Waals surface area contributed by atoms with Crippen LogP contribution in [0.15, 0.2) is 23.3 Å². The van der Waals surface area contributed by atoms with Crippen LogP contribution in [0.3, 0.4) is 0 Å². The molecule has 0 spiro atoms. The van der Waals surface area contributed by atoms with Crippen molar-refractivity contribution in [3.05, 3.63) is 33.9 Å². The number of urea groups is 1. The molecule has 9 nitrogen and oxygen atoms in total. The summed E-state index contributed by atoms with van der Waals surface area (Å²) in [7, 11) is 0. The van der Waals surface area contributed by atoms with Gasteiger partial charge in [-0.05, 0) is 6.07 Å². The van der Waals surface area contributed by atoms with Crippen LogP contribution in [0.1, 0.15) is 12.5 Å². The molecule has 0 aliphatic heterocycles. The van der Waals surface area contributed by atoms with Gasteiger partial charge in [-0.15, -0.1) is 0 Å². The van der Waals surface area contributed by atoms with Crippen LogP contribution in [0.25, 0.3) is 0 Å².